The first-order valence-electron chi connectivity index (χ1n) is 7.01. The smallest absolute Gasteiger partial charge is 0.337 e. The fourth-order valence-corrected chi connectivity index (χ4v) is 2.82. The number of carboxylic acid groups (broad SMARTS) is 1. The SMILES string of the molecule is O=C(CCC1CCCCO1)Nc1c(Br)cccc1C(=O)O. The summed E-state index contributed by atoms with van der Waals surface area (Å²) in [5.41, 5.74) is 0.381. The number of carbonyl (C=O) groups excluding carboxylic acids is 1. The first-order valence-corrected chi connectivity index (χ1v) is 7.80. The van der Waals surface area contributed by atoms with E-state index in [9.17, 15) is 9.59 Å². The second-order valence-corrected chi connectivity index (χ2v) is 5.90. The fourth-order valence-electron chi connectivity index (χ4n) is 2.36. The van der Waals surface area contributed by atoms with Crippen LogP contribution in [-0.2, 0) is 9.53 Å². The average Bonchev–Trinajstić information content (AvgIpc) is 2.48. The van der Waals surface area contributed by atoms with Crippen LogP contribution in [0.3, 0.4) is 0 Å². The van der Waals surface area contributed by atoms with E-state index in [4.69, 9.17) is 9.84 Å². The van der Waals surface area contributed by atoms with Crippen LogP contribution in [0.25, 0.3) is 0 Å². The third kappa shape index (κ3) is 4.54. The second kappa shape index (κ2) is 7.56. The Morgan fingerprint density at radius 2 is 2.19 bits per heavy atom. The molecule has 1 aliphatic heterocycles. The molecule has 1 heterocycles. The van der Waals surface area contributed by atoms with Gasteiger partial charge in [-0.3, -0.25) is 4.79 Å². The lowest BCUT2D eigenvalue weighted by molar-refractivity contribution is -0.117. The number of benzene rings is 1. The number of nitrogens with one attached hydrogen (secondary N) is 1. The van der Waals surface area contributed by atoms with Crippen molar-refractivity contribution in [3.8, 4) is 0 Å². The summed E-state index contributed by atoms with van der Waals surface area (Å²) in [5, 5.41) is 11.8. The highest BCUT2D eigenvalue weighted by molar-refractivity contribution is 9.10. The average molecular weight is 356 g/mol. The van der Waals surface area contributed by atoms with Gasteiger partial charge in [0.2, 0.25) is 5.91 Å². The number of aromatic carboxylic acids is 1. The number of carbonyl (C=O) groups is 2. The molecule has 1 unspecified atom stereocenters. The number of ether oxygens (including phenoxy) is 1. The normalized spacial score (nSPS) is 18.2. The minimum absolute atomic E-state index is 0.0756. The predicted molar refractivity (Wildman–Crippen MR) is 82.6 cm³/mol. The van der Waals surface area contributed by atoms with E-state index < -0.39 is 5.97 Å². The van der Waals surface area contributed by atoms with Crippen molar-refractivity contribution in [2.75, 3.05) is 11.9 Å². The molecule has 21 heavy (non-hydrogen) atoms. The second-order valence-electron chi connectivity index (χ2n) is 5.04. The number of hydrogen-bond donors (Lipinski definition) is 2. The molecule has 0 saturated carbocycles. The molecule has 1 amide bonds. The summed E-state index contributed by atoms with van der Waals surface area (Å²) in [4.78, 5) is 23.2. The zero-order chi connectivity index (χ0) is 15.2. The summed E-state index contributed by atoms with van der Waals surface area (Å²) < 4.78 is 6.14. The molecule has 1 aromatic rings. The molecule has 0 spiro atoms. The van der Waals surface area contributed by atoms with Crippen molar-refractivity contribution < 1.29 is 19.4 Å². The van der Waals surface area contributed by atoms with E-state index >= 15 is 0 Å². The minimum atomic E-state index is -1.07. The van der Waals surface area contributed by atoms with Crippen molar-refractivity contribution in [3.05, 3.63) is 28.2 Å². The molecule has 0 aromatic heterocycles. The monoisotopic (exact) mass is 355 g/mol. The highest BCUT2D eigenvalue weighted by Crippen LogP contribution is 2.27. The molecule has 1 aliphatic rings. The fraction of sp³-hybridized carbons (Fsp3) is 0.467. The Balaban J connectivity index is 1.94. The van der Waals surface area contributed by atoms with E-state index in [1.807, 2.05) is 0 Å². The maximum Gasteiger partial charge on any atom is 0.337 e. The third-order valence-corrected chi connectivity index (χ3v) is 4.14. The molecule has 1 saturated heterocycles. The van der Waals surface area contributed by atoms with Gasteiger partial charge in [0.05, 0.1) is 17.4 Å². The first-order chi connectivity index (χ1) is 10.1. The summed E-state index contributed by atoms with van der Waals surface area (Å²) in [7, 11) is 0. The molecule has 5 nitrogen and oxygen atoms in total. The van der Waals surface area contributed by atoms with Gasteiger partial charge in [0.1, 0.15) is 0 Å². The zero-order valence-corrected chi connectivity index (χ0v) is 13.2. The zero-order valence-electron chi connectivity index (χ0n) is 11.6. The molecule has 0 bridgehead atoms. The maximum atomic E-state index is 12.0. The standard InChI is InChI=1S/C15H18BrNO4/c16-12-6-3-5-11(15(19)20)14(12)17-13(18)8-7-10-4-1-2-9-21-10/h3,5-6,10H,1-2,4,7-9H2,(H,17,18)(H,19,20). The van der Waals surface area contributed by atoms with Gasteiger partial charge < -0.3 is 15.2 Å². The third-order valence-electron chi connectivity index (χ3n) is 3.48. The van der Waals surface area contributed by atoms with E-state index in [1.54, 1.807) is 12.1 Å². The van der Waals surface area contributed by atoms with Gasteiger partial charge in [-0.05, 0) is 53.7 Å². The summed E-state index contributed by atoms with van der Waals surface area (Å²) in [6.45, 7) is 0.764. The van der Waals surface area contributed by atoms with Crippen LogP contribution in [0.4, 0.5) is 5.69 Å². The van der Waals surface area contributed by atoms with Gasteiger partial charge in [-0.1, -0.05) is 6.07 Å². The summed E-state index contributed by atoms with van der Waals surface area (Å²) in [6, 6.07) is 4.79. The highest BCUT2D eigenvalue weighted by Gasteiger charge is 2.18. The molecule has 2 rings (SSSR count). The topological polar surface area (TPSA) is 75.6 Å². The Morgan fingerprint density at radius 3 is 2.86 bits per heavy atom. The number of para-hydroxylation sites is 1. The number of carboxylic acids is 1. The Bertz CT molecular complexity index is 526. The Kier molecular flexibility index (Phi) is 5.76. The van der Waals surface area contributed by atoms with Gasteiger partial charge in [-0.15, -0.1) is 0 Å². The van der Waals surface area contributed by atoms with E-state index in [1.165, 1.54) is 6.07 Å². The number of hydrogen-bond acceptors (Lipinski definition) is 3. The van der Waals surface area contributed by atoms with Crippen LogP contribution in [0.5, 0.6) is 0 Å². The molecule has 1 fully saturated rings. The van der Waals surface area contributed by atoms with Crippen molar-refractivity contribution in [2.24, 2.45) is 0 Å². The molecule has 1 atom stereocenters. The van der Waals surface area contributed by atoms with Crippen molar-refractivity contribution in [3.63, 3.8) is 0 Å². The van der Waals surface area contributed by atoms with Crippen LogP contribution in [-0.4, -0.2) is 29.7 Å². The van der Waals surface area contributed by atoms with Gasteiger partial charge in [0, 0.05) is 17.5 Å². The van der Waals surface area contributed by atoms with Crippen molar-refractivity contribution in [2.45, 2.75) is 38.2 Å². The maximum absolute atomic E-state index is 12.0. The van der Waals surface area contributed by atoms with Gasteiger partial charge >= 0.3 is 5.97 Å². The largest absolute Gasteiger partial charge is 0.478 e. The van der Waals surface area contributed by atoms with Gasteiger partial charge in [0.15, 0.2) is 0 Å². The first kappa shape index (κ1) is 16.0. The van der Waals surface area contributed by atoms with Crippen LogP contribution in [0.1, 0.15) is 42.5 Å². The lowest BCUT2D eigenvalue weighted by atomic mass is 10.0. The number of halogens is 1. The van der Waals surface area contributed by atoms with E-state index in [0.29, 0.717) is 23.0 Å². The number of anilines is 1. The van der Waals surface area contributed by atoms with E-state index in [0.717, 1.165) is 25.9 Å². The quantitative estimate of drug-likeness (QED) is 0.848. The van der Waals surface area contributed by atoms with Gasteiger partial charge in [-0.25, -0.2) is 4.79 Å². The molecule has 114 valence electrons. The molecule has 2 N–H and O–H groups in total. The Labute approximate surface area is 131 Å². The van der Waals surface area contributed by atoms with Crippen LogP contribution in [0, 0.1) is 0 Å². The summed E-state index contributed by atoms with van der Waals surface area (Å²) in [5.74, 6) is -1.26. The predicted octanol–water partition coefficient (Wildman–Crippen LogP) is 3.44. The molecule has 1 aromatic carbocycles. The van der Waals surface area contributed by atoms with Crippen LogP contribution >= 0.6 is 15.9 Å². The minimum Gasteiger partial charge on any atom is -0.478 e. The summed E-state index contributed by atoms with van der Waals surface area (Å²) in [6.07, 6.45) is 4.34. The lowest BCUT2D eigenvalue weighted by Gasteiger charge is -2.22. The van der Waals surface area contributed by atoms with Gasteiger partial charge in [-0.2, -0.15) is 0 Å². The van der Waals surface area contributed by atoms with Crippen molar-refractivity contribution in [1.82, 2.24) is 0 Å². The summed E-state index contributed by atoms with van der Waals surface area (Å²) >= 11 is 3.27. The number of amides is 1. The van der Waals surface area contributed by atoms with Crippen LogP contribution < -0.4 is 5.32 Å². The molecular formula is C15H18BrNO4. The Morgan fingerprint density at radius 1 is 1.38 bits per heavy atom. The van der Waals surface area contributed by atoms with Crippen molar-refractivity contribution >= 4 is 33.5 Å². The molecule has 0 radical (unpaired) electrons. The highest BCUT2D eigenvalue weighted by atomic mass is 79.9. The van der Waals surface area contributed by atoms with Gasteiger partial charge in [0.25, 0.3) is 0 Å². The number of rotatable bonds is 5. The molecule has 6 heteroatoms. The van der Waals surface area contributed by atoms with E-state index in [2.05, 4.69) is 21.2 Å². The van der Waals surface area contributed by atoms with Crippen LogP contribution in [0.15, 0.2) is 22.7 Å². The lowest BCUT2D eigenvalue weighted by Crippen LogP contribution is -2.22. The Hall–Kier alpha value is -1.40. The van der Waals surface area contributed by atoms with Crippen molar-refractivity contribution in [1.29, 1.82) is 0 Å². The van der Waals surface area contributed by atoms with E-state index in [-0.39, 0.29) is 17.6 Å². The van der Waals surface area contributed by atoms with Crippen LogP contribution in [0.2, 0.25) is 0 Å². The molecular weight excluding hydrogens is 338 g/mol. The molecule has 0 aliphatic carbocycles.